The first-order valence-electron chi connectivity index (χ1n) is 8.57. The highest BCUT2D eigenvalue weighted by Gasteiger charge is 2.10. The molecule has 1 aliphatic carbocycles. The van der Waals surface area contributed by atoms with E-state index in [1.807, 2.05) is 6.07 Å². The molecule has 0 amide bonds. The molecule has 128 valence electrons. The van der Waals surface area contributed by atoms with Gasteiger partial charge < -0.3 is 4.74 Å². The third-order valence-corrected chi connectivity index (χ3v) is 4.56. The maximum atomic E-state index is 11.4. The molecule has 0 fully saturated rings. The Morgan fingerprint density at radius 2 is 1.56 bits per heavy atom. The molecular formula is C22H22O2S. The van der Waals surface area contributed by atoms with Crippen LogP contribution in [-0.4, -0.2) is 18.3 Å². The molecule has 25 heavy (non-hydrogen) atoms. The number of hydrogen-bond donors (Lipinski definition) is 1. The Morgan fingerprint density at radius 1 is 0.880 bits per heavy atom. The second kappa shape index (κ2) is 8.72. The van der Waals surface area contributed by atoms with E-state index in [0.29, 0.717) is 18.8 Å². The van der Waals surface area contributed by atoms with Crippen molar-refractivity contribution in [2.45, 2.75) is 19.3 Å². The first-order chi connectivity index (χ1) is 12.3. The molecular weight excluding hydrogens is 328 g/mol. The lowest BCUT2D eigenvalue weighted by molar-refractivity contribution is -0.142. The molecule has 3 heteroatoms. The average Bonchev–Trinajstić information content (AvgIpc) is 2.68. The molecule has 0 radical (unpaired) electrons. The van der Waals surface area contributed by atoms with Crippen LogP contribution in [0.1, 0.15) is 24.8 Å². The second-order valence-electron chi connectivity index (χ2n) is 6.09. The summed E-state index contributed by atoms with van der Waals surface area (Å²) in [5.74, 6) is 0.350. The predicted octanol–water partition coefficient (Wildman–Crippen LogP) is 5.32. The topological polar surface area (TPSA) is 26.3 Å². The van der Waals surface area contributed by atoms with Crippen LogP contribution in [0.2, 0.25) is 0 Å². The highest BCUT2D eigenvalue weighted by Crippen LogP contribution is 2.28. The lowest BCUT2D eigenvalue weighted by Gasteiger charge is -2.15. The van der Waals surface area contributed by atoms with Gasteiger partial charge in [-0.15, -0.1) is 0 Å². The van der Waals surface area contributed by atoms with Crippen LogP contribution in [0.4, 0.5) is 0 Å². The van der Waals surface area contributed by atoms with Gasteiger partial charge >= 0.3 is 5.97 Å². The third-order valence-electron chi connectivity index (χ3n) is 4.33. The summed E-state index contributed by atoms with van der Waals surface area (Å²) in [5, 5.41) is 0. The lowest BCUT2D eigenvalue weighted by Crippen LogP contribution is -2.09. The maximum Gasteiger partial charge on any atom is 0.306 e. The van der Waals surface area contributed by atoms with Crippen molar-refractivity contribution < 1.29 is 9.53 Å². The molecule has 3 rings (SSSR count). The number of esters is 1. The average molecular weight is 350 g/mol. The van der Waals surface area contributed by atoms with E-state index in [-0.39, 0.29) is 5.97 Å². The van der Waals surface area contributed by atoms with E-state index in [1.54, 1.807) is 0 Å². The summed E-state index contributed by atoms with van der Waals surface area (Å²) in [7, 11) is 0. The van der Waals surface area contributed by atoms with Gasteiger partial charge in [-0.1, -0.05) is 66.7 Å². The first kappa shape index (κ1) is 17.6. The van der Waals surface area contributed by atoms with Gasteiger partial charge in [0.25, 0.3) is 0 Å². The quantitative estimate of drug-likeness (QED) is 0.564. The highest BCUT2D eigenvalue weighted by atomic mass is 32.1. The van der Waals surface area contributed by atoms with Crippen LogP contribution < -0.4 is 0 Å². The molecule has 0 bridgehead atoms. The monoisotopic (exact) mass is 350 g/mol. The van der Waals surface area contributed by atoms with Gasteiger partial charge in [0.2, 0.25) is 0 Å². The number of benzene rings is 2. The molecule has 0 unspecified atom stereocenters. The zero-order valence-corrected chi connectivity index (χ0v) is 15.0. The highest BCUT2D eigenvalue weighted by molar-refractivity contribution is 7.80. The van der Waals surface area contributed by atoms with Crippen LogP contribution in [0.15, 0.2) is 72.3 Å². The van der Waals surface area contributed by atoms with Gasteiger partial charge in [0.05, 0.1) is 6.42 Å². The maximum absolute atomic E-state index is 11.4. The number of hydrogen-bond acceptors (Lipinski definition) is 3. The van der Waals surface area contributed by atoms with Crippen molar-refractivity contribution in [3.63, 3.8) is 0 Å². The predicted molar refractivity (Wildman–Crippen MR) is 107 cm³/mol. The molecule has 0 N–H and O–H groups in total. The Kier molecular flexibility index (Phi) is 6.13. The normalized spacial score (nSPS) is 13.8. The van der Waals surface area contributed by atoms with Crippen LogP contribution in [0, 0.1) is 0 Å². The van der Waals surface area contributed by atoms with Crippen LogP contribution in [0.25, 0.3) is 16.7 Å². The Labute approximate surface area is 154 Å². The molecule has 0 atom stereocenters. The van der Waals surface area contributed by atoms with Crippen molar-refractivity contribution in [1.82, 2.24) is 0 Å². The minimum absolute atomic E-state index is 0.179. The molecule has 0 aliphatic heterocycles. The van der Waals surface area contributed by atoms with E-state index in [9.17, 15) is 4.79 Å². The van der Waals surface area contributed by atoms with Gasteiger partial charge in [-0.25, -0.2) is 0 Å². The van der Waals surface area contributed by atoms with E-state index < -0.39 is 0 Å². The van der Waals surface area contributed by atoms with E-state index >= 15 is 0 Å². The summed E-state index contributed by atoms with van der Waals surface area (Å²) in [6.45, 7) is 0.392. The smallest absolute Gasteiger partial charge is 0.306 e. The number of carbonyl (C=O) groups is 1. The first-order valence-corrected chi connectivity index (χ1v) is 9.20. The van der Waals surface area contributed by atoms with Crippen LogP contribution in [0.5, 0.6) is 0 Å². The summed E-state index contributed by atoms with van der Waals surface area (Å²) in [4.78, 5) is 11.4. The SMILES string of the molecule is O=C(CCS)OCC1=CC=C(c2ccc(-c3ccccc3)cc2)CC1. The van der Waals surface area contributed by atoms with Crippen molar-refractivity contribution in [1.29, 1.82) is 0 Å². The Bertz CT molecular complexity index is 773. The molecule has 2 nitrogen and oxygen atoms in total. The summed E-state index contributed by atoms with van der Waals surface area (Å²) in [5.41, 5.74) is 6.20. The summed E-state index contributed by atoms with van der Waals surface area (Å²) >= 11 is 4.04. The van der Waals surface area contributed by atoms with Crippen molar-refractivity contribution in [3.05, 3.63) is 77.9 Å². The number of carbonyl (C=O) groups excluding carboxylic acids is 1. The van der Waals surface area contributed by atoms with E-state index in [1.165, 1.54) is 22.3 Å². The number of rotatable bonds is 6. The molecule has 0 spiro atoms. The third kappa shape index (κ3) is 4.86. The molecule has 0 saturated heterocycles. The Hall–Kier alpha value is -2.26. The fourth-order valence-corrected chi connectivity index (χ4v) is 3.07. The van der Waals surface area contributed by atoms with Crippen molar-refractivity contribution in [2.75, 3.05) is 12.4 Å². The van der Waals surface area contributed by atoms with Crippen molar-refractivity contribution >= 4 is 24.2 Å². The van der Waals surface area contributed by atoms with Crippen LogP contribution >= 0.6 is 12.6 Å². The van der Waals surface area contributed by atoms with Gasteiger partial charge in [-0.2, -0.15) is 12.6 Å². The summed E-state index contributed by atoms with van der Waals surface area (Å²) < 4.78 is 5.24. The molecule has 0 saturated carbocycles. The zero-order valence-electron chi connectivity index (χ0n) is 14.2. The van der Waals surface area contributed by atoms with E-state index in [0.717, 1.165) is 18.4 Å². The zero-order chi connectivity index (χ0) is 17.5. The lowest BCUT2D eigenvalue weighted by atomic mass is 9.92. The second-order valence-corrected chi connectivity index (χ2v) is 6.54. The van der Waals surface area contributed by atoms with E-state index in [2.05, 4.69) is 73.3 Å². The number of thiol groups is 1. The minimum Gasteiger partial charge on any atom is -0.461 e. The van der Waals surface area contributed by atoms with Crippen molar-refractivity contribution in [3.8, 4) is 11.1 Å². The minimum atomic E-state index is -0.179. The summed E-state index contributed by atoms with van der Waals surface area (Å²) in [6.07, 6.45) is 6.49. The van der Waals surface area contributed by atoms with Crippen LogP contribution in [-0.2, 0) is 9.53 Å². The number of ether oxygens (including phenoxy) is 1. The molecule has 2 aromatic rings. The Balaban J connectivity index is 1.64. The Morgan fingerprint density at radius 3 is 2.20 bits per heavy atom. The fraction of sp³-hybridized carbons (Fsp3) is 0.227. The van der Waals surface area contributed by atoms with Gasteiger partial charge in [0.1, 0.15) is 6.61 Å². The molecule has 0 aromatic heterocycles. The van der Waals surface area contributed by atoms with Crippen molar-refractivity contribution in [2.24, 2.45) is 0 Å². The van der Waals surface area contributed by atoms with E-state index in [4.69, 9.17) is 4.74 Å². The van der Waals surface area contributed by atoms with Gasteiger partial charge in [0.15, 0.2) is 0 Å². The molecule has 1 aliphatic rings. The van der Waals surface area contributed by atoms with Crippen LogP contribution in [0.3, 0.4) is 0 Å². The molecule has 0 heterocycles. The van der Waals surface area contributed by atoms with Gasteiger partial charge in [-0.3, -0.25) is 4.79 Å². The van der Waals surface area contributed by atoms with Gasteiger partial charge in [-0.05, 0) is 40.7 Å². The standard InChI is InChI=1S/C22H22O2S/c23-22(14-15-25)24-16-17-6-8-19(9-7-17)21-12-10-20(11-13-21)18-4-2-1-3-5-18/h1-6,8,10-13,25H,7,9,14-16H2. The fourth-order valence-electron chi connectivity index (χ4n) is 2.89. The summed E-state index contributed by atoms with van der Waals surface area (Å²) in [6, 6.07) is 19.1. The number of allylic oxidation sites excluding steroid dienone is 3. The van der Waals surface area contributed by atoms with Gasteiger partial charge in [0, 0.05) is 5.75 Å². The largest absolute Gasteiger partial charge is 0.461 e. The molecule has 2 aromatic carbocycles.